The summed E-state index contributed by atoms with van der Waals surface area (Å²) in [7, 11) is -0.833. The lowest BCUT2D eigenvalue weighted by atomic mass is 10.0. The second-order valence-corrected chi connectivity index (χ2v) is 7.89. The predicted octanol–water partition coefficient (Wildman–Crippen LogP) is 5.77. The van der Waals surface area contributed by atoms with Crippen molar-refractivity contribution in [3.8, 4) is 0 Å². The summed E-state index contributed by atoms with van der Waals surface area (Å²) in [4.78, 5) is 6.99. The number of nitrogens with one attached hydrogen (secondary N) is 1. The molecule has 28 heavy (non-hydrogen) atoms. The normalized spacial score (nSPS) is 12.0. The standard InChI is InChI=1S/C22H47NO2.HO2P/c1-2-3-4-5-6-7-8-9-10-11-12-13-14-15-16-17-18-22(21-25)23-19-20-24;1-3-2/h22-25H,2-21H2,1H3;(H,1,2). The van der Waals surface area contributed by atoms with Crippen LogP contribution in [0, 0.1) is 0 Å². The first kappa shape index (κ1) is 30.1. The molecule has 0 aliphatic heterocycles. The monoisotopic (exact) mass is 421 g/mol. The molecule has 0 aromatic rings. The van der Waals surface area contributed by atoms with Crippen LogP contribution in [-0.2, 0) is 4.57 Å². The van der Waals surface area contributed by atoms with E-state index in [4.69, 9.17) is 14.6 Å². The van der Waals surface area contributed by atoms with Gasteiger partial charge in [0.2, 0.25) is 0 Å². The lowest BCUT2D eigenvalue weighted by Gasteiger charge is -2.15. The van der Waals surface area contributed by atoms with Gasteiger partial charge in [-0.05, 0) is 6.42 Å². The number of hydrogen-bond acceptors (Lipinski definition) is 4. The van der Waals surface area contributed by atoms with Crippen LogP contribution >= 0.6 is 8.69 Å². The summed E-state index contributed by atoms with van der Waals surface area (Å²) in [5, 5.41) is 21.2. The van der Waals surface area contributed by atoms with Crippen LogP contribution in [0.15, 0.2) is 0 Å². The van der Waals surface area contributed by atoms with E-state index in [-0.39, 0.29) is 19.3 Å². The quantitative estimate of drug-likeness (QED) is 0.140. The van der Waals surface area contributed by atoms with Crippen molar-refractivity contribution in [2.24, 2.45) is 0 Å². The Bertz CT molecular complexity index is 283. The molecule has 1 atom stereocenters. The molecule has 0 radical (unpaired) electrons. The number of unbranched alkanes of at least 4 members (excludes halogenated alkanes) is 15. The van der Waals surface area contributed by atoms with Crippen LogP contribution < -0.4 is 5.32 Å². The van der Waals surface area contributed by atoms with Gasteiger partial charge in [-0.1, -0.05) is 110 Å². The minimum Gasteiger partial charge on any atom is -0.395 e. The van der Waals surface area contributed by atoms with Crippen molar-refractivity contribution in [2.75, 3.05) is 19.8 Å². The van der Waals surface area contributed by atoms with E-state index < -0.39 is 8.69 Å². The highest BCUT2D eigenvalue weighted by molar-refractivity contribution is 7.16. The number of hydrogen-bond donors (Lipinski definition) is 4. The van der Waals surface area contributed by atoms with Crippen LogP contribution in [0.3, 0.4) is 0 Å². The van der Waals surface area contributed by atoms with Gasteiger partial charge in [-0.2, -0.15) is 0 Å². The molecule has 0 aliphatic rings. The highest BCUT2D eigenvalue weighted by Gasteiger charge is 2.05. The Balaban J connectivity index is 0. The first-order valence-corrected chi connectivity index (χ1v) is 12.4. The highest BCUT2D eigenvalue weighted by atomic mass is 31.1. The Morgan fingerprint density at radius 3 is 1.39 bits per heavy atom. The largest absolute Gasteiger partial charge is 0.395 e. The molecule has 0 bridgehead atoms. The van der Waals surface area contributed by atoms with E-state index in [0.29, 0.717) is 6.54 Å². The fourth-order valence-electron chi connectivity index (χ4n) is 3.47. The Kier molecular flexibility index (Phi) is 31.4. The van der Waals surface area contributed by atoms with E-state index in [0.717, 1.165) is 6.42 Å². The van der Waals surface area contributed by atoms with Crippen molar-refractivity contribution in [3.63, 3.8) is 0 Å². The summed E-state index contributed by atoms with van der Waals surface area (Å²) < 4.78 is 8.46. The van der Waals surface area contributed by atoms with E-state index in [1.807, 2.05) is 0 Å². The summed E-state index contributed by atoms with van der Waals surface area (Å²) in [6, 6.07) is 0.166. The maximum Gasteiger partial charge on any atom is 0.324 e. The average molecular weight is 422 g/mol. The van der Waals surface area contributed by atoms with Gasteiger partial charge in [-0.25, -0.2) is 4.57 Å². The van der Waals surface area contributed by atoms with Crippen molar-refractivity contribution in [3.05, 3.63) is 0 Å². The van der Waals surface area contributed by atoms with Gasteiger partial charge in [-0.15, -0.1) is 0 Å². The molecule has 4 N–H and O–H groups in total. The average Bonchev–Trinajstić information content (AvgIpc) is 2.70. The maximum atomic E-state index is 9.23. The lowest BCUT2D eigenvalue weighted by molar-refractivity contribution is 0.217. The van der Waals surface area contributed by atoms with Gasteiger partial charge >= 0.3 is 8.69 Å². The minimum absolute atomic E-state index is 0.148. The molecule has 0 fully saturated rings. The molecular weight excluding hydrogens is 373 g/mol. The summed E-state index contributed by atoms with van der Waals surface area (Å²) in [5.41, 5.74) is 0. The molecule has 0 rings (SSSR count). The topological polar surface area (TPSA) is 89.8 Å². The van der Waals surface area contributed by atoms with Crippen molar-refractivity contribution in [1.29, 1.82) is 0 Å². The van der Waals surface area contributed by atoms with Crippen LogP contribution in [0.2, 0.25) is 0 Å². The van der Waals surface area contributed by atoms with Crippen molar-refractivity contribution in [1.82, 2.24) is 5.32 Å². The molecule has 0 saturated heterocycles. The summed E-state index contributed by atoms with van der Waals surface area (Å²) in [5.74, 6) is 0. The first-order chi connectivity index (χ1) is 13.8. The van der Waals surface area contributed by atoms with Crippen molar-refractivity contribution in [2.45, 2.75) is 122 Å². The molecule has 0 aromatic heterocycles. The molecular formula is C22H48NO4P. The zero-order valence-corrected chi connectivity index (χ0v) is 19.3. The van der Waals surface area contributed by atoms with Crippen molar-refractivity contribution < 1.29 is 19.7 Å². The smallest absolute Gasteiger partial charge is 0.324 e. The third-order valence-corrected chi connectivity index (χ3v) is 5.17. The zero-order chi connectivity index (χ0) is 21.1. The predicted molar refractivity (Wildman–Crippen MR) is 120 cm³/mol. The zero-order valence-electron chi connectivity index (χ0n) is 18.4. The van der Waals surface area contributed by atoms with Gasteiger partial charge < -0.3 is 20.4 Å². The molecule has 6 heteroatoms. The molecule has 0 amide bonds. The van der Waals surface area contributed by atoms with Gasteiger partial charge in [0.05, 0.1) is 13.2 Å². The van der Waals surface area contributed by atoms with Gasteiger partial charge in [0.15, 0.2) is 0 Å². The Morgan fingerprint density at radius 1 is 0.714 bits per heavy atom. The minimum atomic E-state index is -0.833. The molecule has 0 heterocycles. The first-order valence-electron chi connectivity index (χ1n) is 11.7. The van der Waals surface area contributed by atoms with E-state index in [9.17, 15) is 5.11 Å². The van der Waals surface area contributed by atoms with Crippen LogP contribution in [0.25, 0.3) is 0 Å². The fourth-order valence-corrected chi connectivity index (χ4v) is 3.47. The van der Waals surface area contributed by atoms with Gasteiger partial charge in [-0.3, -0.25) is 0 Å². The van der Waals surface area contributed by atoms with Gasteiger partial charge in [0, 0.05) is 12.6 Å². The number of aliphatic hydroxyl groups excluding tert-OH is 2. The lowest BCUT2D eigenvalue weighted by Crippen LogP contribution is -2.34. The Labute approximate surface area is 176 Å². The Morgan fingerprint density at radius 2 is 1.07 bits per heavy atom. The molecule has 1 unspecified atom stereocenters. The molecule has 170 valence electrons. The number of aliphatic hydroxyl groups is 2. The van der Waals surface area contributed by atoms with E-state index in [1.54, 1.807) is 0 Å². The fraction of sp³-hybridized carbons (Fsp3) is 1.00. The van der Waals surface area contributed by atoms with E-state index in [1.165, 1.54) is 103 Å². The second kappa shape index (κ2) is 29.1. The maximum absolute atomic E-state index is 9.23. The summed E-state index contributed by atoms with van der Waals surface area (Å²) in [6.07, 6.45) is 23.3. The third-order valence-electron chi connectivity index (χ3n) is 5.17. The van der Waals surface area contributed by atoms with Gasteiger partial charge in [0.1, 0.15) is 0 Å². The molecule has 0 aliphatic carbocycles. The van der Waals surface area contributed by atoms with Crippen LogP contribution in [0.5, 0.6) is 0 Å². The third kappa shape index (κ3) is 28.2. The van der Waals surface area contributed by atoms with Crippen molar-refractivity contribution >= 4 is 8.69 Å². The number of rotatable bonds is 21. The highest BCUT2D eigenvalue weighted by Crippen LogP contribution is 2.14. The summed E-state index contributed by atoms with van der Waals surface area (Å²) >= 11 is 0. The molecule has 0 aromatic carbocycles. The molecule has 0 saturated carbocycles. The second-order valence-electron chi connectivity index (χ2n) is 7.73. The van der Waals surface area contributed by atoms with Crippen LogP contribution in [0.4, 0.5) is 0 Å². The van der Waals surface area contributed by atoms with Gasteiger partial charge in [0.25, 0.3) is 0 Å². The van der Waals surface area contributed by atoms with Crippen LogP contribution in [-0.4, -0.2) is 40.9 Å². The van der Waals surface area contributed by atoms with E-state index >= 15 is 0 Å². The molecule has 5 nitrogen and oxygen atoms in total. The van der Waals surface area contributed by atoms with Crippen LogP contribution in [0.1, 0.15) is 116 Å². The summed E-state index contributed by atoms with van der Waals surface area (Å²) in [6.45, 7) is 3.20. The molecule has 0 spiro atoms. The SMILES string of the molecule is CCCCCCCCCCCCCCCCCCC(CO)NCCO.O=PO. The van der Waals surface area contributed by atoms with E-state index in [2.05, 4.69) is 12.2 Å². The Hall–Kier alpha value is -0.0600.